The average molecular weight is 336 g/mol. The third kappa shape index (κ3) is 2.84. The van der Waals surface area contributed by atoms with Crippen LogP contribution in [-0.2, 0) is 0 Å². The number of benzene rings is 1. The van der Waals surface area contributed by atoms with Gasteiger partial charge in [0.15, 0.2) is 0 Å². The molecule has 0 radical (unpaired) electrons. The SMILES string of the molecule is Cc1cnc([C@@H]2CCCN(C(=O)c3ccc4[nH]c(C)c(C)c4c3)C2)[nH]1. The topological polar surface area (TPSA) is 64.8 Å². The van der Waals surface area contributed by atoms with Crippen LogP contribution in [0.15, 0.2) is 24.4 Å². The summed E-state index contributed by atoms with van der Waals surface area (Å²) in [5.41, 5.74) is 5.31. The second-order valence-electron chi connectivity index (χ2n) is 7.18. The Labute approximate surface area is 147 Å². The number of likely N-dealkylation sites (tertiary alicyclic amines) is 1. The maximum absolute atomic E-state index is 13.0. The first-order valence-electron chi connectivity index (χ1n) is 8.92. The van der Waals surface area contributed by atoms with Gasteiger partial charge in [0.05, 0.1) is 0 Å². The smallest absolute Gasteiger partial charge is 0.253 e. The van der Waals surface area contributed by atoms with Crippen LogP contribution in [-0.4, -0.2) is 38.8 Å². The zero-order valence-electron chi connectivity index (χ0n) is 15.0. The van der Waals surface area contributed by atoms with Gasteiger partial charge in [0.2, 0.25) is 0 Å². The normalized spacial score (nSPS) is 18.0. The molecule has 1 aliphatic rings. The first-order valence-corrected chi connectivity index (χ1v) is 8.92. The van der Waals surface area contributed by atoms with Gasteiger partial charge in [-0.2, -0.15) is 0 Å². The Morgan fingerprint density at radius 2 is 2.08 bits per heavy atom. The lowest BCUT2D eigenvalue weighted by Gasteiger charge is -2.32. The van der Waals surface area contributed by atoms with Gasteiger partial charge in [-0.3, -0.25) is 4.79 Å². The summed E-state index contributed by atoms with van der Waals surface area (Å²) >= 11 is 0. The summed E-state index contributed by atoms with van der Waals surface area (Å²) in [7, 11) is 0. The Hall–Kier alpha value is -2.56. The van der Waals surface area contributed by atoms with E-state index < -0.39 is 0 Å². The van der Waals surface area contributed by atoms with Crippen LogP contribution in [0.4, 0.5) is 0 Å². The van der Waals surface area contributed by atoms with Crippen molar-refractivity contribution in [3.8, 4) is 0 Å². The van der Waals surface area contributed by atoms with Gasteiger partial charge >= 0.3 is 0 Å². The van der Waals surface area contributed by atoms with Crippen molar-refractivity contribution in [2.75, 3.05) is 13.1 Å². The molecule has 0 unspecified atom stereocenters. The van der Waals surface area contributed by atoms with Crippen LogP contribution in [0.2, 0.25) is 0 Å². The second kappa shape index (κ2) is 6.06. The molecule has 1 amide bonds. The Morgan fingerprint density at radius 3 is 2.84 bits per heavy atom. The number of aromatic nitrogens is 3. The van der Waals surface area contributed by atoms with Gasteiger partial charge in [0.25, 0.3) is 5.91 Å². The van der Waals surface area contributed by atoms with E-state index in [1.54, 1.807) is 0 Å². The molecule has 25 heavy (non-hydrogen) atoms. The monoisotopic (exact) mass is 336 g/mol. The van der Waals surface area contributed by atoms with Gasteiger partial charge in [-0.25, -0.2) is 4.98 Å². The molecule has 3 heterocycles. The van der Waals surface area contributed by atoms with E-state index in [0.717, 1.165) is 59.6 Å². The van der Waals surface area contributed by atoms with Crippen LogP contribution in [0.25, 0.3) is 10.9 Å². The van der Waals surface area contributed by atoms with Crippen molar-refractivity contribution in [2.45, 2.75) is 39.5 Å². The highest BCUT2D eigenvalue weighted by Gasteiger charge is 2.27. The molecule has 3 aromatic rings. The zero-order valence-corrected chi connectivity index (χ0v) is 15.0. The number of hydrogen-bond donors (Lipinski definition) is 2. The van der Waals surface area contributed by atoms with Crippen molar-refractivity contribution in [3.63, 3.8) is 0 Å². The summed E-state index contributed by atoms with van der Waals surface area (Å²) in [5.74, 6) is 1.42. The van der Waals surface area contributed by atoms with E-state index in [1.165, 1.54) is 5.56 Å². The molecule has 0 saturated carbocycles. The molecule has 2 aromatic heterocycles. The average Bonchev–Trinajstić information content (AvgIpc) is 3.18. The Morgan fingerprint density at radius 1 is 1.24 bits per heavy atom. The first-order chi connectivity index (χ1) is 12.0. The number of aryl methyl sites for hydroxylation is 3. The largest absolute Gasteiger partial charge is 0.358 e. The molecule has 5 nitrogen and oxygen atoms in total. The van der Waals surface area contributed by atoms with Gasteiger partial charge in [-0.05, 0) is 57.4 Å². The number of amides is 1. The number of fused-ring (bicyclic) bond motifs is 1. The number of piperidine rings is 1. The molecule has 4 rings (SSSR count). The standard InChI is InChI=1S/C20H24N4O/c1-12-10-21-19(22-12)16-5-4-8-24(11-16)20(25)15-6-7-18-17(9-15)13(2)14(3)23-18/h6-7,9-10,16,23H,4-5,8,11H2,1-3H3,(H,21,22)/t16-/m1/s1. The number of imidazole rings is 1. The number of carbonyl (C=O) groups is 1. The van der Waals surface area contributed by atoms with Crippen molar-refractivity contribution < 1.29 is 4.79 Å². The maximum Gasteiger partial charge on any atom is 0.253 e. The predicted octanol–water partition coefficient (Wildman–Crippen LogP) is 3.84. The molecule has 0 bridgehead atoms. The van der Waals surface area contributed by atoms with Gasteiger partial charge in [0.1, 0.15) is 5.82 Å². The molecular weight excluding hydrogens is 312 g/mol. The third-order valence-corrected chi connectivity index (χ3v) is 5.37. The number of aromatic amines is 2. The van der Waals surface area contributed by atoms with Gasteiger partial charge in [-0.15, -0.1) is 0 Å². The Balaban J connectivity index is 1.58. The molecule has 1 atom stereocenters. The number of nitrogens with zero attached hydrogens (tertiary/aromatic N) is 2. The zero-order chi connectivity index (χ0) is 17.6. The maximum atomic E-state index is 13.0. The van der Waals surface area contributed by atoms with E-state index in [9.17, 15) is 4.79 Å². The van der Waals surface area contributed by atoms with Crippen LogP contribution in [0, 0.1) is 20.8 Å². The van der Waals surface area contributed by atoms with Gasteiger partial charge in [-0.1, -0.05) is 0 Å². The summed E-state index contributed by atoms with van der Waals surface area (Å²) in [6.07, 6.45) is 3.95. The number of H-pyrrole nitrogens is 2. The molecule has 1 aromatic carbocycles. The fourth-order valence-corrected chi connectivity index (χ4v) is 3.80. The minimum atomic E-state index is 0.119. The van der Waals surface area contributed by atoms with Crippen molar-refractivity contribution >= 4 is 16.8 Å². The number of hydrogen-bond acceptors (Lipinski definition) is 2. The Bertz CT molecular complexity index is 936. The molecule has 130 valence electrons. The summed E-state index contributed by atoms with van der Waals surface area (Å²) in [6, 6.07) is 5.97. The highest BCUT2D eigenvalue weighted by molar-refractivity contribution is 5.99. The van der Waals surface area contributed by atoms with E-state index in [0.29, 0.717) is 5.92 Å². The van der Waals surface area contributed by atoms with E-state index in [-0.39, 0.29) is 5.91 Å². The molecule has 1 aliphatic heterocycles. The molecule has 0 aliphatic carbocycles. The summed E-state index contributed by atoms with van der Waals surface area (Å²) in [5, 5.41) is 1.14. The number of nitrogens with one attached hydrogen (secondary N) is 2. The summed E-state index contributed by atoms with van der Waals surface area (Å²) in [4.78, 5) is 26.2. The van der Waals surface area contributed by atoms with Crippen LogP contribution in [0.5, 0.6) is 0 Å². The lowest BCUT2D eigenvalue weighted by atomic mass is 9.96. The van der Waals surface area contributed by atoms with Crippen molar-refractivity contribution in [1.82, 2.24) is 19.9 Å². The molecule has 1 fully saturated rings. The molecular formula is C20H24N4O. The van der Waals surface area contributed by atoms with Gasteiger partial charge < -0.3 is 14.9 Å². The van der Waals surface area contributed by atoms with Crippen LogP contribution < -0.4 is 0 Å². The van der Waals surface area contributed by atoms with Crippen LogP contribution in [0.3, 0.4) is 0 Å². The lowest BCUT2D eigenvalue weighted by Crippen LogP contribution is -2.39. The highest BCUT2D eigenvalue weighted by atomic mass is 16.2. The van der Waals surface area contributed by atoms with E-state index in [2.05, 4.69) is 28.8 Å². The predicted molar refractivity (Wildman–Crippen MR) is 99.0 cm³/mol. The number of carbonyl (C=O) groups excluding carboxylic acids is 1. The van der Waals surface area contributed by atoms with Crippen LogP contribution >= 0.6 is 0 Å². The summed E-state index contributed by atoms with van der Waals surface area (Å²) < 4.78 is 0. The van der Waals surface area contributed by atoms with Crippen LogP contribution in [0.1, 0.15) is 51.9 Å². The second-order valence-corrected chi connectivity index (χ2v) is 7.18. The lowest BCUT2D eigenvalue weighted by molar-refractivity contribution is 0.0705. The summed E-state index contributed by atoms with van der Waals surface area (Å²) in [6.45, 7) is 7.72. The molecule has 1 saturated heterocycles. The third-order valence-electron chi connectivity index (χ3n) is 5.37. The minimum absolute atomic E-state index is 0.119. The first kappa shape index (κ1) is 15.9. The highest BCUT2D eigenvalue weighted by Crippen LogP contribution is 2.27. The number of rotatable bonds is 2. The van der Waals surface area contributed by atoms with Crippen molar-refractivity contribution in [1.29, 1.82) is 0 Å². The van der Waals surface area contributed by atoms with Crippen molar-refractivity contribution in [2.24, 2.45) is 0 Å². The van der Waals surface area contributed by atoms with Crippen molar-refractivity contribution in [3.05, 3.63) is 52.7 Å². The fraction of sp³-hybridized carbons (Fsp3) is 0.400. The minimum Gasteiger partial charge on any atom is -0.358 e. The van der Waals surface area contributed by atoms with E-state index in [4.69, 9.17) is 0 Å². The van der Waals surface area contributed by atoms with E-state index in [1.807, 2.05) is 36.2 Å². The fourth-order valence-electron chi connectivity index (χ4n) is 3.80. The molecule has 2 N–H and O–H groups in total. The van der Waals surface area contributed by atoms with Gasteiger partial charge in [0, 0.05) is 53.1 Å². The Kier molecular flexibility index (Phi) is 3.86. The van der Waals surface area contributed by atoms with E-state index >= 15 is 0 Å². The quantitative estimate of drug-likeness (QED) is 0.747. The molecule has 0 spiro atoms. The molecule has 5 heteroatoms.